The summed E-state index contributed by atoms with van der Waals surface area (Å²) in [6, 6.07) is 8.37. The Morgan fingerprint density at radius 2 is 1.77 bits per heavy atom. The van der Waals surface area contributed by atoms with Gasteiger partial charge in [-0.3, -0.25) is 9.79 Å². The molecule has 4 rings (SSSR count). The van der Waals surface area contributed by atoms with Crippen LogP contribution < -0.4 is 5.32 Å². The predicted octanol–water partition coefficient (Wildman–Crippen LogP) is 4.55. The molecule has 166 valence electrons. The van der Waals surface area contributed by atoms with Crippen molar-refractivity contribution in [3.63, 3.8) is 0 Å². The van der Waals surface area contributed by atoms with E-state index in [1.54, 1.807) is 0 Å². The number of carbonyl (C=O) groups is 1. The normalized spacial score (nSPS) is 20.2. The minimum Gasteiger partial charge on any atom is -0.357 e. The van der Waals surface area contributed by atoms with E-state index in [9.17, 15) is 4.79 Å². The molecule has 30 heavy (non-hydrogen) atoms. The number of hydrogen-bond donors (Lipinski definition) is 1. The van der Waals surface area contributed by atoms with Gasteiger partial charge in [0.15, 0.2) is 5.96 Å². The third-order valence-corrected chi connectivity index (χ3v) is 6.99. The maximum absolute atomic E-state index is 12.6. The van der Waals surface area contributed by atoms with E-state index in [2.05, 4.69) is 41.4 Å². The van der Waals surface area contributed by atoms with E-state index in [1.807, 2.05) is 4.90 Å². The van der Waals surface area contributed by atoms with Gasteiger partial charge in [0, 0.05) is 45.7 Å². The average molecular weight is 524 g/mol. The number of guanidine groups is 1. The maximum Gasteiger partial charge on any atom is 0.223 e. The van der Waals surface area contributed by atoms with E-state index in [0.29, 0.717) is 11.8 Å². The smallest absolute Gasteiger partial charge is 0.223 e. The topological polar surface area (TPSA) is 47.9 Å². The van der Waals surface area contributed by atoms with Crippen molar-refractivity contribution in [2.45, 2.75) is 71.4 Å². The highest BCUT2D eigenvalue weighted by Gasteiger charge is 2.39. The molecule has 2 aliphatic heterocycles. The lowest BCUT2D eigenvalue weighted by atomic mass is 9.73. The maximum atomic E-state index is 12.6. The number of aliphatic imine (C=N–C) groups is 1. The van der Waals surface area contributed by atoms with Crippen LogP contribution in [0.2, 0.25) is 0 Å². The number of hydrogen-bond acceptors (Lipinski definition) is 2. The summed E-state index contributed by atoms with van der Waals surface area (Å²) >= 11 is 0. The lowest BCUT2D eigenvalue weighted by molar-refractivity contribution is -0.131. The quantitative estimate of drug-likeness (QED) is 0.266. The van der Waals surface area contributed by atoms with Crippen LogP contribution in [0.5, 0.6) is 0 Å². The van der Waals surface area contributed by atoms with E-state index in [0.717, 1.165) is 51.6 Å². The molecule has 5 nitrogen and oxygen atoms in total. The Labute approximate surface area is 198 Å². The van der Waals surface area contributed by atoms with Crippen molar-refractivity contribution in [2.75, 3.05) is 26.2 Å². The molecule has 1 aromatic carbocycles. The molecule has 1 aliphatic carbocycles. The molecule has 1 saturated carbocycles. The first kappa shape index (κ1) is 23.4. The van der Waals surface area contributed by atoms with Gasteiger partial charge in [-0.2, -0.15) is 0 Å². The van der Waals surface area contributed by atoms with E-state index in [-0.39, 0.29) is 29.9 Å². The fourth-order valence-corrected chi connectivity index (χ4v) is 5.33. The van der Waals surface area contributed by atoms with Crippen LogP contribution in [0.25, 0.3) is 0 Å². The SMILES string of the molecule is CCNC(=NCCCC(=O)N1Cc2ccccc2C1)N1CCC2(CCCCC2)C1.I. The lowest BCUT2D eigenvalue weighted by Crippen LogP contribution is -2.41. The van der Waals surface area contributed by atoms with Crippen LogP contribution >= 0.6 is 24.0 Å². The molecule has 1 spiro atoms. The van der Waals surface area contributed by atoms with Gasteiger partial charge in [-0.05, 0) is 49.1 Å². The summed E-state index contributed by atoms with van der Waals surface area (Å²) in [4.78, 5) is 21.9. The summed E-state index contributed by atoms with van der Waals surface area (Å²) < 4.78 is 0. The van der Waals surface area contributed by atoms with Crippen LogP contribution in [0.15, 0.2) is 29.3 Å². The molecule has 0 radical (unpaired) electrons. The molecule has 1 N–H and O–H groups in total. The highest BCUT2D eigenvalue weighted by Crippen LogP contribution is 2.43. The number of rotatable bonds is 5. The summed E-state index contributed by atoms with van der Waals surface area (Å²) in [5.41, 5.74) is 3.12. The zero-order valence-electron chi connectivity index (χ0n) is 18.4. The van der Waals surface area contributed by atoms with E-state index < -0.39 is 0 Å². The molecule has 0 aromatic heterocycles. The molecule has 2 fully saturated rings. The van der Waals surface area contributed by atoms with Gasteiger partial charge in [0.1, 0.15) is 0 Å². The standard InChI is InChI=1S/C24H36N4O.HI/c1-2-25-23(27-16-14-24(19-27)12-6-3-7-13-24)26-15-8-11-22(29)28-17-20-9-4-5-10-21(20)18-28;/h4-5,9-10H,2-3,6-8,11-19H2,1H3,(H,25,26);1H. The predicted molar refractivity (Wildman–Crippen MR) is 133 cm³/mol. The van der Waals surface area contributed by atoms with Crippen molar-refractivity contribution in [1.29, 1.82) is 0 Å². The Kier molecular flexibility index (Phi) is 8.43. The first-order chi connectivity index (χ1) is 14.2. The number of nitrogens with zero attached hydrogens (tertiary/aromatic N) is 3. The largest absolute Gasteiger partial charge is 0.357 e. The molecule has 1 saturated heterocycles. The van der Waals surface area contributed by atoms with Gasteiger partial charge in [0.25, 0.3) is 0 Å². The van der Waals surface area contributed by atoms with Crippen molar-refractivity contribution in [3.05, 3.63) is 35.4 Å². The Bertz CT molecular complexity index is 719. The molecule has 0 unspecified atom stereocenters. The molecule has 3 aliphatic rings. The lowest BCUT2D eigenvalue weighted by Gasteiger charge is -2.33. The summed E-state index contributed by atoms with van der Waals surface area (Å²) in [7, 11) is 0. The van der Waals surface area contributed by atoms with Crippen molar-refractivity contribution in [3.8, 4) is 0 Å². The second kappa shape index (κ2) is 10.8. The molecule has 0 atom stereocenters. The van der Waals surface area contributed by atoms with Crippen molar-refractivity contribution in [1.82, 2.24) is 15.1 Å². The molecule has 0 bridgehead atoms. The molecule has 1 aromatic rings. The second-order valence-electron chi connectivity index (χ2n) is 9.09. The van der Waals surface area contributed by atoms with Gasteiger partial charge in [-0.1, -0.05) is 43.5 Å². The van der Waals surface area contributed by atoms with Crippen LogP contribution in [0.3, 0.4) is 0 Å². The van der Waals surface area contributed by atoms with Crippen LogP contribution in [0.1, 0.15) is 69.4 Å². The van der Waals surface area contributed by atoms with Crippen molar-refractivity contribution >= 4 is 35.8 Å². The van der Waals surface area contributed by atoms with Crippen LogP contribution in [0.4, 0.5) is 0 Å². The zero-order chi connectivity index (χ0) is 20.1. The molecule has 1 amide bonds. The number of benzene rings is 1. The van der Waals surface area contributed by atoms with E-state index in [1.165, 1.54) is 49.7 Å². The van der Waals surface area contributed by atoms with Crippen molar-refractivity contribution in [2.24, 2.45) is 10.4 Å². The van der Waals surface area contributed by atoms with E-state index >= 15 is 0 Å². The van der Waals surface area contributed by atoms with Crippen LogP contribution in [0, 0.1) is 5.41 Å². The molecule has 2 heterocycles. The van der Waals surface area contributed by atoms with Gasteiger partial charge >= 0.3 is 0 Å². The van der Waals surface area contributed by atoms with Crippen LogP contribution in [-0.4, -0.2) is 47.8 Å². The number of likely N-dealkylation sites (tertiary alicyclic amines) is 1. The van der Waals surface area contributed by atoms with Gasteiger partial charge in [0.05, 0.1) is 0 Å². The van der Waals surface area contributed by atoms with Gasteiger partial charge < -0.3 is 15.1 Å². The summed E-state index contributed by atoms with van der Waals surface area (Å²) in [5.74, 6) is 1.31. The van der Waals surface area contributed by atoms with Crippen LogP contribution in [-0.2, 0) is 17.9 Å². The fraction of sp³-hybridized carbons (Fsp3) is 0.667. The second-order valence-corrected chi connectivity index (χ2v) is 9.09. The molecular weight excluding hydrogens is 487 g/mol. The Morgan fingerprint density at radius 1 is 1.07 bits per heavy atom. The summed E-state index contributed by atoms with van der Waals surface area (Å²) in [6.45, 7) is 7.55. The minimum atomic E-state index is 0. The average Bonchev–Trinajstić information content (AvgIpc) is 3.35. The number of amides is 1. The van der Waals surface area contributed by atoms with Gasteiger partial charge in [-0.25, -0.2) is 0 Å². The number of carbonyl (C=O) groups excluding carboxylic acids is 1. The summed E-state index contributed by atoms with van der Waals surface area (Å²) in [6.07, 6.45) is 9.68. The summed E-state index contributed by atoms with van der Waals surface area (Å²) in [5, 5.41) is 3.48. The van der Waals surface area contributed by atoms with E-state index in [4.69, 9.17) is 4.99 Å². The number of nitrogens with one attached hydrogen (secondary N) is 1. The number of fused-ring (bicyclic) bond motifs is 1. The fourth-order valence-electron chi connectivity index (χ4n) is 5.33. The first-order valence-corrected chi connectivity index (χ1v) is 11.6. The minimum absolute atomic E-state index is 0. The molecular formula is C24H37IN4O. The van der Waals surface area contributed by atoms with Gasteiger partial charge in [-0.15, -0.1) is 24.0 Å². The third-order valence-electron chi connectivity index (χ3n) is 6.99. The van der Waals surface area contributed by atoms with Gasteiger partial charge in [0.2, 0.25) is 5.91 Å². The monoisotopic (exact) mass is 524 g/mol. The van der Waals surface area contributed by atoms with Crippen molar-refractivity contribution < 1.29 is 4.79 Å². The molecule has 6 heteroatoms. The third kappa shape index (κ3) is 5.48. The highest BCUT2D eigenvalue weighted by atomic mass is 127. The highest BCUT2D eigenvalue weighted by molar-refractivity contribution is 14.0. The Morgan fingerprint density at radius 3 is 2.43 bits per heavy atom. The first-order valence-electron chi connectivity index (χ1n) is 11.6. The number of halogens is 1. The Hall–Kier alpha value is -1.31. The zero-order valence-corrected chi connectivity index (χ0v) is 20.7. The Balaban J connectivity index is 0.00000256.